The normalized spacial score (nSPS) is 18.6. The molecule has 1 saturated heterocycles. The zero-order chi connectivity index (χ0) is 18.2. The van der Waals surface area contributed by atoms with Gasteiger partial charge in [0.2, 0.25) is 11.9 Å². The molecule has 2 fully saturated rings. The molecule has 7 heteroatoms. The number of anilines is 1. The first-order chi connectivity index (χ1) is 12.7. The van der Waals surface area contributed by atoms with Crippen LogP contribution in [0.5, 0.6) is 6.01 Å². The van der Waals surface area contributed by atoms with E-state index in [-0.39, 0.29) is 5.91 Å². The Morgan fingerprint density at radius 2 is 1.81 bits per heavy atom. The van der Waals surface area contributed by atoms with Crippen LogP contribution in [-0.4, -0.2) is 41.1 Å². The summed E-state index contributed by atoms with van der Waals surface area (Å²) in [6, 6.07) is 0.312. The lowest BCUT2D eigenvalue weighted by Crippen LogP contribution is -2.32. The molecular formula is C19H31N5O2. The van der Waals surface area contributed by atoms with Crippen molar-refractivity contribution in [3.8, 4) is 6.01 Å². The van der Waals surface area contributed by atoms with Crippen molar-refractivity contribution in [3.05, 3.63) is 5.82 Å². The summed E-state index contributed by atoms with van der Waals surface area (Å²) in [5, 5.41) is 2.95. The Morgan fingerprint density at radius 1 is 1.08 bits per heavy atom. The van der Waals surface area contributed by atoms with Gasteiger partial charge in [0.25, 0.3) is 0 Å². The third-order valence-electron chi connectivity index (χ3n) is 5.42. The summed E-state index contributed by atoms with van der Waals surface area (Å²) in [4.78, 5) is 27.5. The number of rotatable bonds is 7. The summed E-state index contributed by atoms with van der Waals surface area (Å²) in [6.45, 7) is 2.24. The van der Waals surface area contributed by atoms with E-state index >= 15 is 0 Å². The van der Waals surface area contributed by atoms with E-state index in [1.165, 1.54) is 38.5 Å². The molecule has 1 amide bonds. The van der Waals surface area contributed by atoms with Gasteiger partial charge >= 0.3 is 6.01 Å². The van der Waals surface area contributed by atoms with E-state index in [0.717, 1.165) is 38.3 Å². The maximum Gasteiger partial charge on any atom is 0.321 e. The lowest BCUT2D eigenvalue weighted by molar-refractivity contribution is -0.121. The number of nitrogens with zero attached hydrogens (tertiary/aromatic N) is 4. The highest BCUT2D eigenvalue weighted by Crippen LogP contribution is 2.27. The predicted octanol–water partition coefficient (Wildman–Crippen LogP) is 2.85. The molecular weight excluding hydrogens is 330 g/mol. The summed E-state index contributed by atoms with van der Waals surface area (Å²) in [6.07, 6.45) is 11.7. The molecule has 0 aromatic carbocycles. The number of piperidine rings is 1. The van der Waals surface area contributed by atoms with Crippen LogP contribution in [0.15, 0.2) is 0 Å². The number of carbonyl (C=O) groups excluding carboxylic acids is 1. The van der Waals surface area contributed by atoms with Crippen LogP contribution in [0.2, 0.25) is 0 Å². The third-order valence-corrected chi connectivity index (χ3v) is 5.42. The second kappa shape index (κ2) is 9.69. The molecule has 2 aliphatic rings. The standard InChI is InChI=1S/C19H31N5O2/c1-26-19-22-16(21-18(23-19)24-12-6-3-7-13-24)14-20-17(25)11-10-15-8-4-2-5-9-15/h15H,2-14H2,1H3,(H,20,25). The molecule has 0 bridgehead atoms. The van der Waals surface area contributed by atoms with Crippen LogP contribution in [0, 0.1) is 5.92 Å². The molecule has 1 aliphatic heterocycles. The molecule has 1 aromatic heterocycles. The Bertz CT molecular complexity index is 583. The molecule has 0 unspecified atom stereocenters. The summed E-state index contributed by atoms with van der Waals surface area (Å²) >= 11 is 0. The summed E-state index contributed by atoms with van der Waals surface area (Å²) in [7, 11) is 1.56. The van der Waals surface area contributed by atoms with Crippen molar-refractivity contribution in [1.29, 1.82) is 0 Å². The van der Waals surface area contributed by atoms with Crippen LogP contribution in [0.25, 0.3) is 0 Å². The Kier molecular flexibility index (Phi) is 7.03. The molecule has 2 heterocycles. The highest BCUT2D eigenvalue weighted by Gasteiger charge is 2.18. The Labute approximate surface area is 156 Å². The smallest absolute Gasteiger partial charge is 0.321 e. The van der Waals surface area contributed by atoms with Crippen LogP contribution in [0.4, 0.5) is 5.95 Å². The third kappa shape index (κ3) is 5.54. The molecule has 7 nitrogen and oxygen atoms in total. The highest BCUT2D eigenvalue weighted by molar-refractivity contribution is 5.75. The molecule has 0 atom stereocenters. The minimum absolute atomic E-state index is 0.0782. The van der Waals surface area contributed by atoms with Crippen LogP contribution < -0.4 is 15.0 Å². The summed E-state index contributed by atoms with van der Waals surface area (Å²) in [5.41, 5.74) is 0. The second-order valence-electron chi connectivity index (χ2n) is 7.41. The van der Waals surface area contributed by atoms with Crippen molar-refractivity contribution in [2.75, 3.05) is 25.1 Å². The van der Waals surface area contributed by atoms with Crippen LogP contribution in [0.1, 0.15) is 70.0 Å². The number of aromatic nitrogens is 3. The fourth-order valence-electron chi connectivity index (χ4n) is 3.87. The van der Waals surface area contributed by atoms with Crippen molar-refractivity contribution in [3.63, 3.8) is 0 Å². The van der Waals surface area contributed by atoms with E-state index in [1.54, 1.807) is 7.11 Å². The zero-order valence-electron chi connectivity index (χ0n) is 15.9. The van der Waals surface area contributed by atoms with Gasteiger partial charge in [-0.05, 0) is 31.6 Å². The molecule has 1 N–H and O–H groups in total. The van der Waals surface area contributed by atoms with E-state index in [9.17, 15) is 4.79 Å². The van der Waals surface area contributed by atoms with Gasteiger partial charge in [-0.15, -0.1) is 0 Å². The second-order valence-corrected chi connectivity index (χ2v) is 7.41. The first kappa shape index (κ1) is 18.9. The van der Waals surface area contributed by atoms with Crippen molar-refractivity contribution in [1.82, 2.24) is 20.3 Å². The molecule has 26 heavy (non-hydrogen) atoms. The van der Waals surface area contributed by atoms with Gasteiger partial charge in [0, 0.05) is 19.5 Å². The molecule has 0 spiro atoms. The van der Waals surface area contributed by atoms with Gasteiger partial charge in [0.1, 0.15) is 0 Å². The number of ether oxygens (including phenoxy) is 1. The van der Waals surface area contributed by atoms with Crippen molar-refractivity contribution in [2.45, 2.75) is 70.8 Å². The molecule has 1 aliphatic carbocycles. The number of hydrogen-bond donors (Lipinski definition) is 1. The van der Waals surface area contributed by atoms with Crippen molar-refractivity contribution >= 4 is 11.9 Å². The number of amides is 1. The topological polar surface area (TPSA) is 80.2 Å². The molecule has 0 radical (unpaired) electrons. The van der Waals surface area contributed by atoms with E-state index in [2.05, 4.69) is 25.2 Å². The number of carbonyl (C=O) groups is 1. The fraction of sp³-hybridized carbons (Fsp3) is 0.789. The van der Waals surface area contributed by atoms with Crippen LogP contribution in [-0.2, 0) is 11.3 Å². The number of nitrogens with one attached hydrogen (secondary N) is 1. The first-order valence-corrected chi connectivity index (χ1v) is 10.0. The fourth-order valence-corrected chi connectivity index (χ4v) is 3.87. The van der Waals surface area contributed by atoms with E-state index in [1.807, 2.05) is 0 Å². The maximum absolute atomic E-state index is 12.2. The van der Waals surface area contributed by atoms with Crippen LogP contribution >= 0.6 is 0 Å². The first-order valence-electron chi connectivity index (χ1n) is 10.0. The highest BCUT2D eigenvalue weighted by atomic mass is 16.5. The number of methoxy groups -OCH3 is 1. The predicted molar refractivity (Wildman–Crippen MR) is 100 cm³/mol. The minimum Gasteiger partial charge on any atom is -0.467 e. The van der Waals surface area contributed by atoms with E-state index < -0.39 is 0 Å². The van der Waals surface area contributed by atoms with Gasteiger partial charge in [-0.1, -0.05) is 32.1 Å². The minimum atomic E-state index is 0.0782. The summed E-state index contributed by atoms with van der Waals surface area (Å²) in [5.74, 6) is 2.01. The molecule has 144 valence electrons. The lowest BCUT2D eigenvalue weighted by atomic mass is 9.86. The van der Waals surface area contributed by atoms with Crippen molar-refractivity contribution < 1.29 is 9.53 Å². The van der Waals surface area contributed by atoms with Gasteiger partial charge in [-0.2, -0.15) is 15.0 Å². The van der Waals surface area contributed by atoms with E-state index in [0.29, 0.717) is 30.7 Å². The van der Waals surface area contributed by atoms with Gasteiger partial charge in [0.15, 0.2) is 5.82 Å². The lowest BCUT2D eigenvalue weighted by Gasteiger charge is -2.26. The quantitative estimate of drug-likeness (QED) is 0.804. The monoisotopic (exact) mass is 361 g/mol. The van der Waals surface area contributed by atoms with Crippen LogP contribution in [0.3, 0.4) is 0 Å². The molecule has 3 rings (SSSR count). The van der Waals surface area contributed by atoms with Gasteiger partial charge in [-0.3, -0.25) is 4.79 Å². The summed E-state index contributed by atoms with van der Waals surface area (Å²) < 4.78 is 5.22. The Morgan fingerprint density at radius 3 is 2.54 bits per heavy atom. The van der Waals surface area contributed by atoms with Gasteiger partial charge in [-0.25, -0.2) is 0 Å². The zero-order valence-corrected chi connectivity index (χ0v) is 15.9. The van der Waals surface area contributed by atoms with Gasteiger partial charge in [0.05, 0.1) is 13.7 Å². The Hall–Kier alpha value is -1.92. The van der Waals surface area contributed by atoms with Crippen molar-refractivity contribution in [2.24, 2.45) is 5.92 Å². The average molecular weight is 361 g/mol. The maximum atomic E-state index is 12.2. The average Bonchev–Trinajstić information content (AvgIpc) is 2.72. The van der Waals surface area contributed by atoms with Gasteiger partial charge < -0.3 is 15.0 Å². The molecule has 1 saturated carbocycles. The largest absolute Gasteiger partial charge is 0.467 e. The Balaban J connectivity index is 1.52. The number of hydrogen-bond acceptors (Lipinski definition) is 6. The molecule has 1 aromatic rings. The van der Waals surface area contributed by atoms with E-state index in [4.69, 9.17) is 4.74 Å². The SMILES string of the molecule is COc1nc(CNC(=O)CCC2CCCCC2)nc(N2CCCCC2)n1.